The second-order valence-electron chi connectivity index (χ2n) is 2.86. The van der Waals surface area contributed by atoms with Gasteiger partial charge in [0.15, 0.2) is 0 Å². The maximum Gasteiger partial charge on any atom is 0.441 e. The minimum Gasteiger partial charge on any atom is -0.395 e. The third kappa shape index (κ3) is 8.65. The predicted molar refractivity (Wildman–Crippen MR) is 52.3 cm³/mol. The molecule has 0 saturated carbocycles. The molecule has 0 aromatic rings. The Hall–Kier alpha value is 0.0600. The van der Waals surface area contributed by atoms with Crippen molar-refractivity contribution in [2.24, 2.45) is 0 Å². The van der Waals surface area contributed by atoms with Crippen molar-refractivity contribution in [3.63, 3.8) is 0 Å². The fourth-order valence-corrected chi connectivity index (χ4v) is 1.66. The molecule has 0 atom stereocenters. The van der Waals surface area contributed by atoms with E-state index in [1.54, 1.807) is 0 Å². The molecule has 0 bridgehead atoms. The molecule has 0 aliphatic heterocycles. The van der Waals surface area contributed by atoms with Gasteiger partial charge in [0.25, 0.3) is 0 Å². The summed E-state index contributed by atoms with van der Waals surface area (Å²) in [5.41, 5.74) is -4.14. The summed E-state index contributed by atoms with van der Waals surface area (Å²) >= 11 is -0.00969. The number of aliphatic hydroxyl groups is 1. The van der Waals surface area contributed by atoms with E-state index in [1.165, 1.54) is 0 Å². The van der Waals surface area contributed by atoms with Gasteiger partial charge in [-0.1, -0.05) is 6.92 Å². The zero-order valence-corrected chi connectivity index (χ0v) is 9.00. The molecule has 6 heteroatoms. The molecule has 0 fully saturated rings. The monoisotopic (exact) mass is 231 g/mol. The minimum atomic E-state index is -4.14. The molecule has 0 rings (SSSR count). The molecular weight excluding hydrogens is 215 g/mol. The Bertz CT molecular complexity index is 137. The SMILES string of the molecule is CCCN(CCO)CCSC(F)(F)F. The van der Waals surface area contributed by atoms with E-state index in [4.69, 9.17) is 5.11 Å². The Balaban J connectivity index is 3.60. The Kier molecular flexibility index (Phi) is 7.40. The lowest BCUT2D eigenvalue weighted by Gasteiger charge is -2.20. The van der Waals surface area contributed by atoms with Gasteiger partial charge in [-0.2, -0.15) is 13.2 Å². The van der Waals surface area contributed by atoms with E-state index in [0.717, 1.165) is 13.0 Å². The van der Waals surface area contributed by atoms with Crippen molar-refractivity contribution in [1.29, 1.82) is 0 Å². The summed E-state index contributed by atoms with van der Waals surface area (Å²) in [6, 6.07) is 0. The highest BCUT2D eigenvalue weighted by Gasteiger charge is 2.27. The second-order valence-corrected chi connectivity index (χ2v) is 4.02. The smallest absolute Gasteiger partial charge is 0.395 e. The molecule has 0 unspecified atom stereocenters. The first-order chi connectivity index (χ1) is 6.49. The van der Waals surface area contributed by atoms with Crippen LogP contribution in [0.1, 0.15) is 13.3 Å². The molecule has 0 aliphatic rings. The molecular formula is C8H16F3NOS. The fourth-order valence-electron chi connectivity index (χ4n) is 1.08. The van der Waals surface area contributed by atoms with Crippen LogP contribution in [0.5, 0.6) is 0 Å². The summed E-state index contributed by atoms with van der Waals surface area (Å²) < 4.78 is 35.3. The van der Waals surface area contributed by atoms with Gasteiger partial charge >= 0.3 is 5.51 Å². The highest BCUT2D eigenvalue weighted by molar-refractivity contribution is 8.00. The maximum absolute atomic E-state index is 11.8. The van der Waals surface area contributed by atoms with Gasteiger partial charge in [0, 0.05) is 18.8 Å². The van der Waals surface area contributed by atoms with E-state index in [0.29, 0.717) is 13.1 Å². The first kappa shape index (κ1) is 14.1. The van der Waals surface area contributed by atoms with Gasteiger partial charge in [0.1, 0.15) is 0 Å². The third-order valence-electron chi connectivity index (χ3n) is 1.63. The third-order valence-corrected chi connectivity index (χ3v) is 2.34. The maximum atomic E-state index is 11.8. The van der Waals surface area contributed by atoms with Crippen LogP contribution in [-0.4, -0.2) is 47.5 Å². The van der Waals surface area contributed by atoms with Crippen molar-refractivity contribution in [3.05, 3.63) is 0 Å². The summed E-state index contributed by atoms with van der Waals surface area (Å²) in [6.45, 7) is 3.52. The van der Waals surface area contributed by atoms with Crippen molar-refractivity contribution in [2.45, 2.75) is 18.9 Å². The van der Waals surface area contributed by atoms with E-state index in [9.17, 15) is 13.2 Å². The summed E-state index contributed by atoms with van der Waals surface area (Å²) in [6.07, 6.45) is 0.886. The lowest BCUT2D eigenvalue weighted by molar-refractivity contribution is -0.0328. The van der Waals surface area contributed by atoms with Gasteiger partial charge in [-0.15, -0.1) is 0 Å². The molecule has 86 valence electrons. The van der Waals surface area contributed by atoms with Crippen LogP contribution in [0.2, 0.25) is 0 Å². The van der Waals surface area contributed by atoms with Crippen molar-refractivity contribution in [1.82, 2.24) is 4.90 Å². The van der Waals surface area contributed by atoms with Gasteiger partial charge in [0.2, 0.25) is 0 Å². The zero-order valence-electron chi connectivity index (χ0n) is 8.18. The highest BCUT2D eigenvalue weighted by atomic mass is 32.2. The molecule has 0 aromatic carbocycles. The predicted octanol–water partition coefficient (Wildman–Crippen LogP) is 1.94. The highest BCUT2D eigenvalue weighted by Crippen LogP contribution is 2.29. The molecule has 14 heavy (non-hydrogen) atoms. The lowest BCUT2D eigenvalue weighted by Crippen LogP contribution is -2.30. The molecule has 2 nitrogen and oxygen atoms in total. The van der Waals surface area contributed by atoms with Crippen LogP contribution in [0.3, 0.4) is 0 Å². The van der Waals surface area contributed by atoms with E-state index >= 15 is 0 Å². The van der Waals surface area contributed by atoms with E-state index in [-0.39, 0.29) is 24.1 Å². The Morgan fingerprint density at radius 3 is 2.29 bits per heavy atom. The van der Waals surface area contributed by atoms with Crippen molar-refractivity contribution in [2.75, 3.05) is 32.0 Å². The topological polar surface area (TPSA) is 23.5 Å². The van der Waals surface area contributed by atoms with Crippen molar-refractivity contribution in [3.8, 4) is 0 Å². The number of alkyl halides is 3. The Morgan fingerprint density at radius 1 is 1.21 bits per heavy atom. The van der Waals surface area contributed by atoms with Gasteiger partial charge in [0.05, 0.1) is 6.61 Å². The summed E-state index contributed by atoms with van der Waals surface area (Å²) in [4.78, 5) is 1.83. The first-order valence-electron chi connectivity index (χ1n) is 4.53. The van der Waals surface area contributed by atoms with Crippen LogP contribution >= 0.6 is 11.8 Å². The lowest BCUT2D eigenvalue weighted by atomic mass is 10.4. The molecule has 0 saturated heterocycles. The van der Waals surface area contributed by atoms with Crippen LogP contribution in [0, 0.1) is 0 Å². The number of thioether (sulfide) groups is 1. The summed E-state index contributed by atoms with van der Waals surface area (Å²) in [5, 5.41) is 8.65. The van der Waals surface area contributed by atoms with E-state index in [1.807, 2.05) is 11.8 Å². The van der Waals surface area contributed by atoms with Crippen LogP contribution in [0.25, 0.3) is 0 Å². The van der Waals surface area contributed by atoms with E-state index in [2.05, 4.69) is 0 Å². The van der Waals surface area contributed by atoms with Gasteiger partial charge in [-0.3, -0.25) is 0 Å². The Morgan fingerprint density at radius 2 is 1.86 bits per heavy atom. The second kappa shape index (κ2) is 7.36. The molecule has 0 amide bonds. The largest absolute Gasteiger partial charge is 0.441 e. The van der Waals surface area contributed by atoms with Crippen LogP contribution < -0.4 is 0 Å². The standard InChI is InChI=1S/C8H16F3NOS/c1-2-3-12(4-6-13)5-7-14-8(9,10)11/h13H,2-7H2,1H3. The van der Waals surface area contributed by atoms with Crippen molar-refractivity contribution >= 4 is 11.8 Å². The van der Waals surface area contributed by atoms with Gasteiger partial charge < -0.3 is 10.0 Å². The summed E-state index contributed by atoms with van der Waals surface area (Å²) in [5.74, 6) is 0.0312. The molecule has 0 aromatic heterocycles. The summed E-state index contributed by atoms with van der Waals surface area (Å²) in [7, 11) is 0. The van der Waals surface area contributed by atoms with Crippen molar-refractivity contribution < 1.29 is 18.3 Å². The van der Waals surface area contributed by atoms with Crippen LogP contribution in [-0.2, 0) is 0 Å². The number of hydrogen-bond donors (Lipinski definition) is 1. The quantitative estimate of drug-likeness (QED) is 0.724. The molecule has 0 spiro atoms. The molecule has 0 radical (unpaired) electrons. The Labute approximate surface area is 86.5 Å². The van der Waals surface area contributed by atoms with Gasteiger partial charge in [-0.25, -0.2) is 0 Å². The number of aliphatic hydroxyl groups excluding tert-OH is 1. The number of nitrogens with zero attached hydrogens (tertiary/aromatic N) is 1. The number of halogens is 3. The molecule has 0 heterocycles. The fraction of sp³-hybridized carbons (Fsp3) is 1.00. The van der Waals surface area contributed by atoms with E-state index < -0.39 is 5.51 Å². The number of rotatable bonds is 7. The molecule has 0 aliphatic carbocycles. The first-order valence-corrected chi connectivity index (χ1v) is 5.52. The average molecular weight is 231 g/mol. The average Bonchev–Trinajstić information content (AvgIpc) is 2.02. The van der Waals surface area contributed by atoms with Crippen LogP contribution in [0.4, 0.5) is 13.2 Å². The van der Waals surface area contributed by atoms with Gasteiger partial charge in [-0.05, 0) is 24.7 Å². The zero-order chi connectivity index (χ0) is 11.0. The van der Waals surface area contributed by atoms with Crippen LogP contribution in [0.15, 0.2) is 0 Å². The number of hydrogen-bond acceptors (Lipinski definition) is 3. The minimum absolute atomic E-state index is 0.00329. The molecule has 1 N–H and O–H groups in total. The normalized spacial score (nSPS) is 12.4.